The van der Waals surface area contributed by atoms with Crippen molar-refractivity contribution in [3.8, 4) is 11.5 Å². The molecule has 2 fully saturated rings. The molecule has 32 heavy (non-hydrogen) atoms. The number of phenols is 2. The molecule has 4 rings (SSSR count). The van der Waals surface area contributed by atoms with Gasteiger partial charge in [-0.25, -0.2) is 0 Å². The predicted molar refractivity (Wildman–Crippen MR) is 125 cm³/mol. The first-order valence-corrected chi connectivity index (χ1v) is 12.6. The molecule has 0 aliphatic heterocycles. The molecule has 5 nitrogen and oxygen atoms in total. The molecule has 6 heteroatoms. The average molecular weight is 458 g/mol. The molecule has 2 aromatic rings. The van der Waals surface area contributed by atoms with Crippen molar-refractivity contribution < 1.29 is 23.8 Å². The van der Waals surface area contributed by atoms with E-state index in [9.17, 15) is 14.8 Å². The Kier molecular flexibility index (Phi) is 6.37. The maximum atomic E-state index is 13.2. The first-order chi connectivity index (χ1) is 15.1. The minimum Gasteiger partial charge on any atom is -0.508 e. The molecule has 2 atom stereocenters. The number of phenolic OH excluding ortho intramolecular Hbond substituents is 2. The molecule has 0 spiro atoms. The van der Waals surface area contributed by atoms with E-state index in [2.05, 4.69) is 0 Å². The lowest BCUT2D eigenvalue weighted by molar-refractivity contribution is 0.0123. The van der Waals surface area contributed by atoms with E-state index in [1.165, 1.54) is 0 Å². The van der Waals surface area contributed by atoms with Crippen LogP contribution in [-0.2, 0) is 13.6 Å². The quantitative estimate of drug-likeness (QED) is 0.375. The van der Waals surface area contributed by atoms with E-state index < -0.39 is 19.5 Å². The second kappa shape index (κ2) is 8.78. The summed E-state index contributed by atoms with van der Waals surface area (Å²) >= 11 is 0. The van der Waals surface area contributed by atoms with Crippen LogP contribution in [0.25, 0.3) is 0 Å². The van der Waals surface area contributed by atoms with Crippen LogP contribution in [0.4, 0.5) is 0 Å². The van der Waals surface area contributed by atoms with Gasteiger partial charge in [-0.15, -0.1) is 9.05 Å². The van der Waals surface area contributed by atoms with Gasteiger partial charge >= 0.3 is 8.25 Å². The van der Waals surface area contributed by atoms with Crippen LogP contribution in [0, 0.1) is 11.8 Å². The summed E-state index contributed by atoms with van der Waals surface area (Å²) < 4.78 is 25.4. The molecule has 2 saturated carbocycles. The van der Waals surface area contributed by atoms with E-state index in [1.807, 2.05) is 52.0 Å². The van der Waals surface area contributed by atoms with Crippen molar-refractivity contribution in [2.24, 2.45) is 11.8 Å². The summed E-state index contributed by atoms with van der Waals surface area (Å²) in [6.07, 6.45) is 4.38. The number of benzene rings is 2. The second-order valence-corrected chi connectivity index (χ2v) is 11.2. The minimum atomic E-state index is -2.39. The molecule has 0 saturated heterocycles. The van der Waals surface area contributed by atoms with Crippen LogP contribution in [0.5, 0.6) is 11.5 Å². The molecule has 0 aromatic heterocycles. The third-order valence-electron chi connectivity index (χ3n) is 6.76. The van der Waals surface area contributed by atoms with Crippen molar-refractivity contribution in [3.05, 3.63) is 59.7 Å². The van der Waals surface area contributed by atoms with Crippen molar-refractivity contribution in [3.63, 3.8) is 0 Å². The zero-order valence-corrected chi connectivity index (χ0v) is 20.2. The van der Waals surface area contributed by atoms with Crippen LogP contribution in [0.2, 0.25) is 0 Å². The molecule has 2 aromatic carbocycles. The fourth-order valence-corrected chi connectivity index (χ4v) is 6.33. The van der Waals surface area contributed by atoms with Crippen LogP contribution in [-0.4, -0.2) is 21.4 Å². The molecule has 0 amide bonds. The summed E-state index contributed by atoms with van der Waals surface area (Å²) in [4.78, 5) is 0. The molecule has 2 unspecified atom stereocenters. The molecule has 2 N–H and O–H groups in total. The molecule has 0 radical (unpaired) electrons. The number of aromatic hydroxyl groups is 2. The average Bonchev–Trinajstić information content (AvgIpc) is 3.56. The minimum absolute atomic E-state index is 0.0190. The summed E-state index contributed by atoms with van der Waals surface area (Å²) in [5.74, 6) is 1.37. The van der Waals surface area contributed by atoms with Crippen molar-refractivity contribution in [1.82, 2.24) is 0 Å². The van der Waals surface area contributed by atoms with Crippen molar-refractivity contribution >= 4 is 8.25 Å². The van der Waals surface area contributed by atoms with Crippen LogP contribution >= 0.6 is 8.25 Å². The Morgan fingerprint density at radius 1 is 0.781 bits per heavy atom. The third kappa shape index (κ3) is 5.33. The van der Waals surface area contributed by atoms with Crippen LogP contribution in [0.3, 0.4) is 0 Å². The van der Waals surface area contributed by atoms with E-state index >= 15 is 0 Å². The topological polar surface area (TPSA) is 76.0 Å². The Morgan fingerprint density at radius 3 is 1.47 bits per heavy atom. The molecule has 2 aliphatic rings. The lowest BCUT2D eigenvalue weighted by Gasteiger charge is -2.32. The van der Waals surface area contributed by atoms with Crippen LogP contribution < -0.4 is 0 Å². The normalized spacial score (nSPS) is 19.4. The van der Waals surface area contributed by atoms with Gasteiger partial charge in [-0.05, 0) is 101 Å². The highest BCUT2D eigenvalue weighted by Gasteiger charge is 2.52. The molecular formula is C26H34O5P+. The summed E-state index contributed by atoms with van der Waals surface area (Å²) in [7, 11) is -2.39. The smallest absolute Gasteiger partial charge is 0.508 e. The third-order valence-corrected chi connectivity index (χ3v) is 8.00. The van der Waals surface area contributed by atoms with Gasteiger partial charge in [-0.1, -0.05) is 24.3 Å². The Morgan fingerprint density at radius 2 is 1.16 bits per heavy atom. The van der Waals surface area contributed by atoms with Gasteiger partial charge in [-0.3, -0.25) is 0 Å². The molecule has 172 valence electrons. The van der Waals surface area contributed by atoms with Crippen molar-refractivity contribution in [2.45, 2.75) is 76.4 Å². The Labute approximate surface area is 191 Å². The predicted octanol–water partition coefficient (Wildman–Crippen LogP) is 7.03. The van der Waals surface area contributed by atoms with Gasteiger partial charge < -0.3 is 10.2 Å². The Balaban J connectivity index is 1.51. The van der Waals surface area contributed by atoms with Gasteiger partial charge in [0, 0.05) is 16.4 Å². The molecule has 2 aliphatic carbocycles. The summed E-state index contributed by atoms with van der Waals surface area (Å²) in [6.45, 7) is 7.82. The highest BCUT2D eigenvalue weighted by molar-refractivity contribution is 7.33. The van der Waals surface area contributed by atoms with E-state index in [0.717, 1.165) is 36.8 Å². The van der Waals surface area contributed by atoms with Crippen LogP contribution in [0.1, 0.15) is 76.3 Å². The largest absolute Gasteiger partial charge is 0.698 e. The molecular weight excluding hydrogens is 423 g/mol. The summed E-state index contributed by atoms with van der Waals surface area (Å²) in [5.41, 5.74) is 0.545. The van der Waals surface area contributed by atoms with Crippen molar-refractivity contribution in [2.75, 3.05) is 0 Å². The van der Waals surface area contributed by atoms with E-state index in [-0.39, 0.29) is 23.3 Å². The SMILES string of the molecule is CC(C)(O[P+](=O)OC(C)(C)C(c1cccc(O)c1)C1CC1)C(c1cccc(O)c1)C1CC1. The summed E-state index contributed by atoms with van der Waals surface area (Å²) in [6, 6.07) is 14.5. The van der Waals surface area contributed by atoms with E-state index in [1.54, 1.807) is 24.3 Å². The Bertz CT molecular complexity index is 900. The zero-order chi connectivity index (χ0) is 23.1. The molecule has 0 bridgehead atoms. The van der Waals surface area contributed by atoms with E-state index in [0.29, 0.717) is 11.8 Å². The highest BCUT2D eigenvalue weighted by Crippen LogP contribution is 2.55. The van der Waals surface area contributed by atoms with Gasteiger partial charge in [-0.2, -0.15) is 0 Å². The Hall–Kier alpha value is -1.94. The maximum absolute atomic E-state index is 13.2. The van der Waals surface area contributed by atoms with Gasteiger partial charge in [0.25, 0.3) is 0 Å². The van der Waals surface area contributed by atoms with Gasteiger partial charge in [0.2, 0.25) is 0 Å². The fraction of sp³-hybridized carbons (Fsp3) is 0.538. The first-order valence-electron chi connectivity index (χ1n) is 11.5. The fourth-order valence-electron chi connectivity index (χ4n) is 5.29. The summed E-state index contributed by atoms with van der Waals surface area (Å²) in [5, 5.41) is 19.9. The van der Waals surface area contributed by atoms with E-state index in [4.69, 9.17) is 9.05 Å². The lowest BCUT2D eigenvalue weighted by atomic mass is 9.81. The number of hydrogen-bond acceptors (Lipinski definition) is 5. The lowest BCUT2D eigenvalue weighted by Crippen LogP contribution is -2.35. The van der Waals surface area contributed by atoms with Gasteiger partial charge in [0.05, 0.1) is 0 Å². The monoisotopic (exact) mass is 457 g/mol. The number of hydrogen-bond donors (Lipinski definition) is 2. The van der Waals surface area contributed by atoms with Gasteiger partial charge in [0.1, 0.15) is 22.7 Å². The van der Waals surface area contributed by atoms with Crippen LogP contribution in [0.15, 0.2) is 48.5 Å². The van der Waals surface area contributed by atoms with Gasteiger partial charge in [0.15, 0.2) is 0 Å². The first kappa shape index (κ1) is 23.2. The zero-order valence-electron chi connectivity index (χ0n) is 19.3. The number of rotatable bonds is 10. The molecule has 0 heterocycles. The maximum Gasteiger partial charge on any atom is 0.698 e. The van der Waals surface area contributed by atoms with Crippen molar-refractivity contribution in [1.29, 1.82) is 0 Å². The second-order valence-electron chi connectivity index (χ2n) is 10.4. The standard InChI is InChI=1S/C26H33O5P/c1-25(2,23(17-11-12-17)19-7-5-9-21(27)15-19)30-32(29)31-26(3,4)24(18-13-14-18)20-8-6-10-22(28)16-20/h5-10,15-18,23-24H,11-14H2,1-4H3,(H-,27,28)/p+1. The highest BCUT2D eigenvalue weighted by atomic mass is 31.1.